The molecule has 3 heterocycles. The highest BCUT2D eigenvalue weighted by Gasteiger charge is 2.85. The molecular formula is C44H60N4O6. The molecule has 10 nitrogen and oxygen atoms in total. The predicted molar refractivity (Wildman–Crippen MR) is 209 cm³/mol. The van der Waals surface area contributed by atoms with Crippen molar-refractivity contribution in [1.82, 2.24) is 21.3 Å². The number of rotatable bonds is 14. The normalized spacial score (nSPS) is 31.7. The number of aliphatic hydroxyl groups excluding tert-OH is 1. The lowest BCUT2D eigenvalue weighted by atomic mass is 9.68. The van der Waals surface area contributed by atoms with Gasteiger partial charge in [0.15, 0.2) is 11.4 Å². The van der Waals surface area contributed by atoms with E-state index in [1.54, 1.807) is 6.07 Å². The second kappa shape index (κ2) is 15.9. The fraction of sp³-hybridized carbons (Fsp3) is 0.614. The van der Waals surface area contributed by atoms with E-state index in [0.717, 1.165) is 75.0 Å². The number of carbonyl (C=O) groups excluding carboxylic acids is 3. The van der Waals surface area contributed by atoms with E-state index in [9.17, 15) is 19.5 Å². The highest BCUT2D eigenvalue weighted by Crippen LogP contribution is 2.60. The van der Waals surface area contributed by atoms with Crippen LogP contribution in [0.1, 0.15) is 112 Å². The highest BCUT2D eigenvalue weighted by atomic mass is 16.7. The molecule has 7 rings (SSSR count). The van der Waals surface area contributed by atoms with Crippen molar-refractivity contribution in [2.24, 2.45) is 23.7 Å². The SMILES string of the molecule is CCN[C@H]1C[C@H]2C=CCC[C@H]2C[C@@H]1COC(=O)[C@]12O[C@@]1(C/C(CO)=C(\C)CCC1=CCNC3=C1CC[C@H](NC)N3)C(=O)c1cccc(CC(C)C)c1C2=O. The fourth-order valence-corrected chi connectivity index (χ4v) is 10.0. The number of Topliss-reactive ketones (excluding diaryl/α,β-unsaturated/α-hetero) is 2. The largest absolute Gasteiger partial charge is 0.463 e. The summed E-state index contributed by atoms with van der Waals surface area (Å²) < 4.78 is 12.5. The Morgan fingerprint density at radius 2 is 2.00 bits per heavy atom. The first-order valence-electron chi connectivity index (χ1n) is 20.4. The van der Waals surface area contributed by atoms with E-state index in [4.69, 9.17) is 9.47 Å². The lowest BCUT2D eigenvalue weighted by Gasteiger charge is -2.42. The number of esters is 1. The van der Waals surface area contributed by atoms with Gasteiger partial charge in [-0.25, -0.2) is 4.79 Å². The maximum Gasteiger partial charge on any atom is 0.350 e. The number of hydrogen-bond donors (Lipinski definition) is 5. The number of allylic oxidation sites excluding steroid dienone is 5. The van der Waals surface area contributed by atoms with Crippen LogP contribution in [0.4, 0.5) is 0 Å². The Morgan fingerprint density at radius 3 is 2.76 bits per heavy atom. The second-order valence-electron chi connectivity index (χ2n) is 16.8. The first kappa shape index (κ1) is 38.7. The van der Waals surface area contributed by atoms with Crippen molar-refractivity contribution >= 4 is 17.5 Å². The third kappa shape index (κ3) is 6.92. The number of fused-ring (bicyclic) bond motifs is 3. The molecule has 6 aliphatic rings. The Bertz CT molecular complexity index is 1780. The molecule has 0 bridgehead atoms. The maximum atomic E-state index is 14.8. The Hall–Kier alpha value is -3.57. The zero-order valence-electron chi connectivity index (χ0n) is 32.8. The summed E-state index contributed by atoms with van der Waals surface area (Å²) in [5.74, 6) is 0.761. The Balaban J connectivity index is 1.16. The van der Waals surface area contributed by atoms with Crippen LogP contribution in [0.2, 0.25) is 0 Å². The van der Waals surface area contributed by atoms with Gasteiger partial charge in [0.25, 0.3) is 5.60 Å². The van der Waals surface area contributed by atoms with Crippen molar-refractivity contribution < 1.29 is 29.0 Å². The molecule has 1 saturated carbocycles. The molecule has 1 saturated heterocycles. The van der Waals surface area contributed by atoms with E-state index in [0.29, 0.717) is 30.3 Å². The van der Waals surface area contributed by atoms with Gasteiger partial charge in [-0.05, 0) is 118 Å². The van der Waals surface area contributed by atoms with E-state index < -0.39 is 23.0 Å². The molecule has 0 radical (unpaired) electrons. The highest BCUT2D eigenvalue weighted by molar-refractivity contribution is 6.33. The topological polar surface area (TPSA) is 141 Å². The number of ketones is 2. The molecule has 3 aliphatic carbocycles. The van der Waals surface area contributed by atoms with Gasteiger partial charge in [0, 0.05) is 36.1 Å². The van der Waals surface area contributed by atoms with Gasteiger partial charge < -0.3 is 35.8 Å². The molecule has 0 spiro atoms. The van der Waals surface area contributed by atoms with Crippen LogP contribution in [0.15, 0.2) is 64.5 Å². The number of nitrogens with one attached hydrogen (secondary N) is 4. The van der Waals surface area contributed by atoms with Gasteiger partial charge in [-0.1, -0.05) is 62.8 Å². The lowest BCUT2D eigenvalue weighted by Crippen LogP contribution is -2.52. The van der Waals surface area contributed by atoms with Gasteiger partial charge in [0.05, 0.1) is 19.4 Å². The molecule has 0 aromatic heterocycles. The van der Waals surface area contributed by atoms with Crippen molar-refractivity contribution in [3.63, 3.8) is 0 Å². The standard InChI is InChI=1S/C44H60N4O6/c1-6-46-36-22-30-11-8-7-10-29(30)21-32(36)25-53-42(52)44-40(51)38-31(20-26(2)3)12-9-13-35(38)39(50)43(44,54-44)23-33(24-49)27(4)14-15-28-18-19-47-41-34(28)16-17-37(45-5)48-41/h8-9,11-13,18,26,29-30,32,36-37,45-49H,6-7,10,14-17,19-25H2,1-5H3/b33-27-/t29-,30+,32+,36-,37+,43-,44-/m0/s1. The van der Waals surface area contributed by atoms with E-state index in [2.05, 4.69) is 60.3 Å². The summed E-state index contributed by atoms with van der Waals surface area (Å²) in [6.45, 7) is 9.58. The molecule has 1 aromatic rings. The molecule has 54 heavy (non-hydrogen) atoms. The molecule has 2 fully saturated rings. The Morgan fingerprint density at radius 1 is 1.17 bits per heavy atom. The summed E-state index contributed by atoms with van der Waals surface area (Å²) in [5, 5.41) is 24.8. The molecule has 3 aliphatic heterocycles. The van der Waals surface area contributed by atoms with Gasteiger partial charge in [-0.2, -0.15) is 0 Å². The number of ether oxygens (including phenoxy) is 2. The van der Waals surface area contributed by atoms with E-state index in [-0.39, 0.29) is 60.6 Å². The summed E-state index contributed by atoms with van der Waals surface area (Å²) >= 11 is 0. The van der Waals surface area contributed by atoms with Gasteiger partial charge >= 0.3 is 5.97 Å². The van der Waals surface area contributed by atoms with Crippen molar-refractivity contribution in [1.29, 1.82) is 0 Å². The van der Waals surface area contributed by atoms with Gasteiger partial charge in [-0.3, -0.25) is 9.59 Å². The van der Waals surface area contributed by atoms with Crippen LogP contribution in [0.25, 0.3) is 0 Å². The number of dihydropyridines is 1. The van der Waals surface area contributed by atoms with Crippen molar-refractivity contribution in [3.8, 4) is 0 Å². The quantitative estimate of drug-likeness (QED) is 0.0726. The third-order valence-electron chi connectivity index (χ3n) is 13.1. The summed E-state index contributed by atoms with van der Waals surface area (Å²) in [6, 6.07) is 5.54. The van der Waals surface area contributed by atoms with Crippen molar-refractivity contribution in [3.05, 3.63) is 81.2 Å². The number of carbonyl (C=O) groups is 3. The van der Waals surface area contributed by atoms with E-state index in [1.165, 1.54) is 11.1 Å². The molecule has 1 aromatic carbocycles. The first-order valence-corrected chi connectivity index (χ1v) is 20.4. The minimum absolute atomic E-state index is 0.0532. The first-order chi connectivity index (χ1) is 26.1. The van der Waals surface area contributed by atoms with Crippen LogP contribution in [0.3, 0.4) is 0 Å². The minimum Gasteiger partial charge on any atom is -0.463 e. The maximum absolute atomic E-state index is 14.8. The lowest BCUT2D eigenvalue weighted by molar-refractivity contribution is -0.150. The molecular weight excluding hydrogens is 681 g/mol. The predicted octanol–water partition coefficient (Wildman–Crippen LogP) is 5.43. The zero-order valence-corrected chi connectivity index (χ0v) is 32.8. The molecule has 0 amide bonds. The molecule has 7 atom stereocenters. The molecule has 5 N–H and O–H groups in total. The zero-order chi connectivity index (χ0) is 38.2. The Kier molecular flexibility index (Phi) is 11.4. The van der Waals surface area contributed by atoms with Gasteiger partial charge in [0.1, 0.15) is 5.82 Å². The summed E-state index contributed by atoms with van der Waals surface area (Å²) in [6.07, 6.45) is 15.1. The monoisotopic (exact) mass is 740 g/mol. The van der Waals surface area contributed by atoms with Crippen molar-refractivity contribution in [2.45, 2.75) is 115 Å². The summed E-state index contributed by atoms with van der Waals surface area (Å²) in [7, 11) is 1.96. The second-order valence-corrected chi connectivity index (χ2v) is 16.8. The minimum atomic E-state index is -2.09. The summed E-state index contributed by atoms with van der Waals surface area (Å²) in [4.78, 5) is 44.1. The number of hydrogen-bond acceptors (Lipinski definition) is 10. The molecule has 292 valence electrons. The third-order valence-corrected chi connectivity index (χ3v) is 13.1. The van der Waals surface area contributed by atoms with Crippen LogP contribution in [-0.4, -0.2) is 79.4 Å². The van der Waals surface area contributed by atoms with Crippen LogP contribution in [0, 0.1) is 23.7 Å². The van der Waals surface area contributed by atoms with E-state index in [1.807, 2.05) is 26.1 Å². The van der Waals surface area contributed by atoms with Crippen LogP contribution >= 0.6 is 0 Å². The van der Waals surface area contributed by atoms with Crippen LogP contribution < -0.4 is 21.3 Å². The number of benzene rings is 1. The van der Waals surface area contributed by atoms with E-state index >= 15 is 0 Å². The molecule has 10 heteroatoms. The number of epoxide rings is 1. The van der Waals surface area contributed by atoms with Crippen molar-refractivity contribution in [2.75, 3.05) is 33.4 Å². The Labute approximate surface area is 320 Å². The fourth-order valence-electron chi connectivity index (χ4n) is 10.0. The average molecular weight is 741 g/mol. The van der Waals surface area contributed by atoms with Gasteiger partial charge in [-0.15, -0.1) is 0 Å². The summed E-state index contributed by atoms with van der Waals surface area (Å²) in [5.41, 5.74) is 1.54. The smallest absolute Gasteiger partial charge is 0.350 e. The average Bonchev–Trinajstić information content (AvgIpc) is 3.88. The van der Waals surface area contributed by atoms with Gasteiger partial charge in [0.2, 0.25) is 5.78 Å². The van der Waals surface area contributed by atoms with Crippen LogP contribution in [-0.2, 0) is 20.7 Å². The number of aliphatic hydroxyl groups is 1. The molecule has 0 unspecified atom stereocenters. The van der Waals surface area contributed by atoms with Crippen LogP contribution in [0.5, 0.6) is 0 Å².